The molecule has 1 aromatic carbocycles. The van der Waals surface area contributed by atoms with Crippen molar-refractivity contribution < 1.29 is 22.6 Å². The maximum atomic E-state index is 12.9. The van der Waals surface area contributed by atoms with E-state index in [-0.39, 0.29) is 11.5 Å². The van der Waals surface area contributed by atoms with Crippen molar-refractivity contribution in [2.45, 2.75) is 77.5 Å². The molecule has 0 atom stereocenters. The molecule has 5 heteroatoms. The molecule has 0 aromatic heterocycles. The first kappa shape index (κ1) is 19.4. The van der Waals surface area contributed by atoms with E-state index in [0.29, 0.717) is 24.0 Å². The summed E-state index contributed by atoms with van der Waals surface area (Å²) in [6, 6.07) is 3.58. The summed E-state index contributed by atoms with van der Waals surface area (Å²) >= 11 is 0. The molecule has 0 amide bonds. The molecule has 0 saturated heterocycles. The van der Waals surface area contributed by atoms with Crippen molar-refractivity contribution in [3.8, 4) is 11.5 Å². The molecule has 2 nitrogen and oxygen atoms in total. The van der Waals surface area contributed by atoms with Crippen molar-refractivity contribution in [1.82, 2.24) is 0 Å². The summed E-state index contributed by atoms with van der Waals surface area (Å²) in [5.74, 6) is 1.28. The van der Waals surface area contributed by atoms with Crippen molar-refractivity contribution in [3.63, 3.8) is 0 Å². The largest absolute Gasteiger partial charge is 0.573 e. The van der Waals surface area contributed by atoms with Crippen LogP contribution in [0.4, 0.5) is 13.2 Å². The first-order valence-electron chi connectivity index (χ1n) is 9.93. The van der Waals surface area contributed by atoms with Gasteiger partial charge in [0, 0.05) is 0 Å². The number of halogens is 3. The number of alkyl halides is 3. The molecule has 3 rings (SSSR count). The molecule has 2 aliphatic rings. The van der Waals surface area contributed by atoms with Crippen LogP contribution in [-0.4, -0.2) is 13.0 Å². The number of rotatable bonds is 7. The fourth-order valence-electron chi connectivity index (χ4n) is 4.45. The van der Waals surface area contributed by atoms with Gasteiger partial charge in [-0.15, -0.1) is 13.2 Å². The highest BCUT2D eigenvalue weighted by molar-refractivity contribution is 5.50. The summed E-state index contributed by atoms with van der Waals surface area (Å²) in [6.45, 7) is 2.16. The van der Waals surface area contributed by atoms with E-state index in [9.17, 15) is 13.2 Å². The predicted octanol–water partition coefficient (Wildman–Crippen LogP) is 6.59. The second kappa shape index (κ2) is 8.53. The first-order valence-corrected chi connectivity index (χ1v) is 9.93. The van der Waals surface area contributed by atoms with E-state index in [1.807, 2.05) is 6.07 Å². The molecule has 2 fully saturated rings. The Morgan fingerprint density at radius 3 is 2.19 bits per heavy atom. The molecule has 26 heavy (non-hydrogen) atoms. The Labute approximate surface area is 154 Å². The summed E-state index contributed by atoms with van der Waals surface area (Å²) < 4.78 is 48.9. The second-order valence-electron chi connectivity index (χ2n) is 7.87. The van der Waals surface area contributed by atoms with E-state index in [4.69, 9.17) is 4.74 Å². The highest BCUT2D eigenvalue weighted by Gasteiger charge is 2.34. The second-order valence-corrected chi connectivity index (χ2v) is 7.87. The lowest BCUT2D eigenvalue weighted by atomic mass is 9.94. The predicted molar refractivity (Wildman–Crippen MR) is 95.6 cm³/mol. The Kier molecular flexibility index (Phi) is 6.36. The van der Waals surface area contributed by atoms with E-state index in [1.165, 1.54) is 38.5 Å². The average Bonchev–Trinajstić information content (AvgIpc) is 3.25. The van der Waals surface area contributed by atoms with Gasteiger partial charge in [-0.2, -0.15) is 0 Å². The minimum absolute atomic E-state index is 0.153. The number of benzene rings is 1. The van der Waals surface area contributed by atoms with E-state index in [1.54, 1.807) is 13.0 Å². The fourth-order valence-corrected chi connectivity index (χ4v) is 4.45. The smallest absolute Gasteiger partial charge is 0.490 e. The molecule has 1 aromatic rings. The maximum absolute atomic E-state index is 12.9. The van der Waals surface area contributed by atoms with Crippen LogP contribution in [0.2, 0.25) is 0 Å². The van der Waals surface area contributed by atoms with E-state index in [2.05, 4.69) is 4.74 Å². The van der Waals surface area contributed by atoms with Crippen LogP contribution in [0.3, 0.4) is 0 Å². The molecule has 0 bridgehead atoms. The molecule has 0 N–H and O–H groups in total. The summed E-state index contributed by atoms with van der Waals surface area (Å²) in [5, 5.41) is 0. The highest BCUT2D eigenvalue weighted by atomic mass is 19.4. The van der Waals surface area contributed by atoms with Crippen molar-refractivity contribution in [2.75, 3.05) is 6.61 Å². The molecule has 0 unspecified atom stereocenters. The Bertz CT molecular complexity index is 586. The van der Waals surface area contributed by atoms with Crippen LogP contribution in [0.1, 0.15) is 68.9 Å². The van der Waals surface area contributed by atoms with Crippen LogP contribution < -0.4 is 9.47 Å². The summed E-state index contributed by atoms with van der Waals surface area (Å²) in [6.07, 6.45) is 6.68. The van der Waals surface area contributed by atoms with Crippen LogP contribution >= 0.6 is 0 Å². The molecule has 2 saturated carbocycles. The van der Waals surface area contributed by atoms with Crippen LogP contribution in [0.25, 0.3) is 0 Å². The zero-order valence-corrected chi connectivity index (χ0v) is 15.5. The zero-order valence-electron chi connectivity index (χ0n) is 15.5. The zero-order chi connectivity index (χ0) is 18.6. The molecule has 146 valence electrons. The van der Waals surface area contributed by atoms with Crippen LogP contribution in [0, 0.1) is 18.8 Å². The lowest BCUT2D eigenvalue weighted by molar-refractivity contribution is -0.275. The van der Waals surface area contributed by atoms with Gasteiger partial charge in [-0.1, -0.05) is 57.4 Å². The van der Waals surface area contributed by atoms with E-state index < -0.39 is 6.36 Å². The van der Waals surface area contributed by atoms with Crippen molar-refractivity contribution >= 4 is 0 Å². The van der Waals surface area contributed by atoms with Gasteiger partial charge in [-0.05, 0) is 48.8 Å². The van der Waals surface area contributed by atoms with Gasteiger partial charge in [0.2, 0.25) is 0 Å². The Morgan fingerprint density at radius 1 is 0.962 bits per heavy atom. The number of hydrogen-bond donors (Lipinski definition) is 0. The standard InChI is InChI=1S/C21H29F3O2/c1-15-18(14-17-8-4-5-9-17)10-11-19(20(15)26-21(22,23)24)25-13-12-16-6-2-3-7-16/h10-11,16-17H,2-9,12-14H2,1H3. The van der Waals surface area contributed by atoms with Gasteiger partial charge in [-0.3, -0.25) is 0 Å². The van der Waals surface area contributed by atoms with Crippen molar-refractivity contribution in [2.24, 2.45) is 11.8 Å². The van der Waals surface area contributed by atoms with Gasteiger partial charge in [0.25, 0.3) is 0 Å². The third kappa shape index (κ3) is 5.31. The normalized spacial score (nSPS) is 19.2. The molecule has 2 aliphatic carbocycles. The number of ether oxygens (including phenoxy) is 2. The highest BCUT2D eigenvalue weighted by Crippen LogP contribution is 2.39. The van der Waals surface area contributed by atoms with E-state index >= 15 is 0 Å². The van der Waals surface area contributed by atoms with Crippen LogP contribution in [0.5, 0.6) is 11.5 Å². The SMILES string of the molecule is Cc1c(CC2CCCC2)ccc(OCCC2CCCC2)c1OC(F)(F)F. The van der Waals surface area contributed by atoms with Gasteiger partial charge in [0.15, 0.2) is 11.5 Å². The third-order valence-corrected chi connectivity index (χ3v) is 5.94. The lowest BCUT2D eigenvalue weighted by Gasteiger charge is -2.20. The first-order chi connectivity index (χ1) is 12.4. The fraction of sp³-hybridized carbons (Fsp3) is 0.714. The monoisotopic (exact) mass is 370 g/mol. The molecule has 0 aliphatic heterocycles. The molecular formula is C21H29F3O2. The van der Waals surface area contributed by atoms with Gasteiger partial charge in [-0.25, -0.2) is 0 Å². The quantitative estimate of drug-likeness (QED) is 0.539. The van der Waals surface area contributed by atoms with Crippen molar-refractivity contribution in [1.29, 1.82) is 0 Å². The van der Waals surface area contributed by atoms with Crippen LogP contribution in [-0.2, 0) is 6.42 Å². The van der Waals surface area contributed by atoms with Gasteiger partial charge in [0.05, 0.1) is 6.61 Å². The summed E-state index contributed by atoms with van der Waals surface area (Å²) in [5.41, 5.74) is 1.51. The molecular weight excluding hydrogens is 341 g/mol. The van der Waals surface area contributed by atoms with E-state index in [0.717, 1.165) is 31.2 Å². The molecule has 0 heterocycles. The molecule has 0 spiro atoms. The molecule has 0 radical (unpaired) electrons. The van der Waals surface area contributed by atoms with Gasteiger partial charge >= 0.3 is 6.36 Å². The minimum atomic E-state index is -4.71. The Morgan fingerprint density at radius 2 is 1.58 bits per heavy atom. The summed E-state index contributed by atoms with van der Waals surface area (Å²) in [4.78, 5) is 0. The van der Waals surface area contributed by atoms with Gasteiger partial charge in [0.1, 0.15) is 0 Å². The lowest BCUT2D eigenvalue weighted by Crippen LogP contribution is -2.19. The Hall–Kier alpha value is -1.39. The topological polar surface area (TPSA) is 18.5 Å². The van der Waals surface area contributed by atoms with Crippen molar-refractivity contribution in [3.05, 3.63) is 23.3 Å². The summed E-state index contributed by atoms with van der Waals surface area (Å²) in [7, 11) is 0. The number of hydrogen-bond acceptors (Lipinski definition) is 2. The average molecular weight is 370 g/mol. The third-order valence-electron chi connectivity index (χ3n) is 5.94. The van der Waals surface area contributed by atoms with Gasteiger partial charge < -0.3 is 9.47 Å². The Balaban J connectivity index is 1.72. The maximum Gasteiger partial charge on any atom is 0.573 e. The van der Waals surface area contributed by atoms with Crippen LogP contribution in [0.15, 0.2) is 12.1 Å². The minimum Gasteiger partial charge on any atom is -0.490 e.